The second-order valence-corrected chi connectivity index (χ2v) is 6.29. The minimum atomic E-state index is -0.668. The van der Waals surface area contributed by atoms with Gasteiger partial charge in [-0.25, -0.2) is 0 Å². The molecule has 0 spiro atoms. The number of piperidine rings is 1. The van der Waals surface area contributed by atoms with Crippen LogP contribution in [0.1, 0.15) is 51.9 Å². The van der Waals surface area contributed by atoms with Crippen molar-refractivity contribution < 1.29 is 9.90 Å². The number of rotatable bonds is 5. The average molecular weight is 268 g/mol. The lowest BCUT2D eigenvalue weighted by atomic mass is 9.84. The van der Waals surface area contributed by atoms with Crippen molar-refractivity contribution in [3.8, 4) is 0 Å². The van der Waals surface area contributed by atoms with Gasteiger partial charge in [0.15, 0.2) is 0 Å². The lowest BCUT2D eigenvalue weighted by molar-refractivity contribution is -0.146. The normalized spacial score (nSPS) is 36.5. The van der Waals surface area contributed by atoms with Crippen molar-refractivity contribution in [1.29, 1.82) is 0 Å². The maximum Gasteiger partial charge on any atom is 0.324 e. The Labute approximate surface area is 116 Å². The maximum absolute atomic E-state index is 11.6. The SMILES string of the molecule is CNC1(C(=O)O)CCCC1CCN1CCCCC1C. The van der Waals surface area contributed by atoms with Gasteiger partial charge in [0.2, 0.25) is 0 Å². The molecule has 4 nitrogen and oxygen atoms in total. The van der Waals surface area contributed by atoms with Gasteiger partial charge in [-0.15, -0.1) is 0 Å². The van der Waals surface area contributed by atoms with Gasteiger partial charge in [-0.05, 0) is 65.1 Å². The summed E-state index contributed by atoms with van der Waals surface area (Å²) in [5.41, 5.74) is -0.668. The summed E-state index contributed by atoms with van der Waals surface area (Å²) < 4.78 is 0. The Bertz CT molecular complexity index is 321. The van der Waals surface area contributed by atoms with Crippen LogP contribution in [0.15, 0.2) is 0 Å². The molecule has 0 bridgehead atoms. The molecule has 4 heteroatoms. The molecule has 2 fully saturated rings. The van der Waals surface area contributed by atoms with Crippen LogP contribution in [0.2, 0.25) is 0 Å². The number of nitrogens with one attached hydrogen (secondary N) is 1. The number of carboxylic acid groups (broad SMARTS) is 1. The fraction of sp³-hybridized carbons (Fsp3) is 0.933. The smallest absolute Gasteiger partial charge is 0.324 e. The Kier molecular flexibility index (Phi) is 4.85. The van der Waals surface area contributed by atoms with E-state index in [1.807, 2.05) is 0 Å². The zero-order valence-corrected chi connectivity index (χ0v) is 12.3. The highest BCUT2D eigenvalue weighted by Crippen LogP contribution is 2.38. The zero-order valence-electron chi connectivity index (χ0n) is 12.3. The third kappa shape index (κ3) is 2.95. The van der Waals surface area contributed by atoms with E-state index in [0.29, 0.717) is 6.04 Å². The van der Waals surface area contributed by atoms with Crippen LogP contribution >= 0.6 is 0 Å². The summed E-state index contributed by atoms with van der Waals surface area (Å²) in [7, 11) is 1.80. The highest BCUT2D eigenvalue weighted by Gasteiger charge is 2.47. The summed E-state index contributed by atoms with van der Waals surface area (Å²) in [6.45, 7) is 4.55. The standard InChI is InChI=1S/C15H28N2O2/c1-12-6-3-4-10-17(12)11-8-13-7-5-9-15(13,16-2)14(18)19/h12-13,16H,3-11H2,1-2H3,(H,18,19). The summed E-state index contributed by atoms with van der Waals surface area (Å²) in [5, 5.41) is 12.7. The number of carboxylic acids is 1. The van der Waals surface area contributed by atoms with E-state index in [9.17, 15) is 9.90 Å². The van der Waals surface area contributed by atoms with Crippen LogP contribution in [-0.4, -0.2) is 47.7 Å². The molecule has 0 amide bonds. The highest BCUT2D eigenvalue weighted by molar-refractivity contribution is 5.79. The quantitative estimate of drug-likeness (QED) is 0.801. The molecule has 0 aromatic heterocycles. The third-order valence-electron chi connectivity index (χ3n) is 5.35. The van der Waals surface area contributed by atoms with Crippen LogP contribution in [0.3, 0.4) is 0 Å². The van der Waals surface area contributed by atoms with Crippen LogP contribution in [0.5, 0.6) is 0 Å². The van der Waals surface area contributed by atoms with Crippen LogP contribution in [0.25, 0.3) is 0 Å². The average Bonchev–Trinajstić information content (AvgIpc) is 2.82. The number of hydrogen-bond acceptors (Lipinski definition) is 3. The summed E-state index contributed by atoms with van der Waals surface area (Å²) in [6.07, 6.45) is 7.81. The number of likely N-dealkylation sites (tertiary alicyclic amines) is 1. The van der Waals surface area contributed by atoms with Crippen molar-refractivity contribution in [2.75, 3.05) is 20.1 Å². The molecular weight excluding hydrogens is 240 g/mol. The van der Waals surface area contributed by atoms with Gasteiger partial charge in [0.05, 0.1) is 0 Å². The van der Waals surface area contributed by atoms with Crippen LogP contribution in [-0.2, 0) is 4.79 Å². The van der Waals surface area contributed by atoms with Gasteiger partial charge in [-0.3, -0.25) is 4.79 Å². The fourth-order valence-corrected chi connectivity index (χ4v) is 4.00. The second kappa shape index (κ2) is 6.23. The predicted octanol–water partition coefficient (Wildman–Crippen LogP) is 2.09. The molecule has 1 heterocycles. The van der Waals surface area contributed by atoms with E-state index in [2.05, 4.69) is 17.1 Å². The van der Waals surface area contributed by atoms with Gasteiger partial charge in [0, 0.05) is 6.04 Å². The first-order valence-electron chi connectivity index (χ1n) is 7.76. The molecule has 0 aromatic carbocycles. The van der Waals surface area contributed by atoms with E-state index < -0.39 is 11.5 Å². The van der Waals surface area contributed by atoms with E-state index >= 15 is 0 Å². The van der Waals surface area contributed by atoms with Crippen molar-refractivity contribution in [3.05, 3.63) is 0 Å². The summed E-state index contributed by atoms with van der Waals surface area (Å²) in [4.78, 5) is 14.2. The van der Waals surface area contributed by atoms with Crippen molar-refractivity contribution >= 4 is 5.97 Å². The molecule has 1 aliphatic heterocycles. The Morgan fingerprint density at radius 3 is 2.79 bits per heavy atom. The van der Waals surface area contributed by atoms with E-state index in [0.717, 1.165) is 32.2 Å². The summed E-state index contributed by atoms with van der Waals surface area (Å²) in [6, 6.07) is 0.670. The van der Waals surface area contributed by atoms with E-state index in [1.54, 1.807) is 7.05 Å². The van der Waals surface area contributed by atoms with Gasteiger partial charge in [-0.1, -0.05) is 12.8 Å². The molecule has 1 aliphatic carbocycles. The molecular formula is C15H28N2O2. The van der Waals surface area contributed by atoms with Gasteiger partial charge in [-0.2, -0.15) is 0 Å². The van der Waals surface area contributed by atoms with Gasteiger partial charge >= 0.3 is 5.97 Å². The van der Waals surface area contributed by atoms with Crippen molar-refractivity contribution in [1.82, 2.24) is 10.2 Å². The molecule has 1 saturated heterocycles. The van der Waals surface area contributed by atoms with Crippen LogP contribution in [0, 0.1) is 5.92 Å². The molecule has 0 radical (unpaired) electrons. The first-order chi connectivity index (χ1) is 9.10. The Hall–Kier alpha value is -0.610. The molecule has 3 atom stereocenters. The van der Waals surface area contributed by atoms with Crippen molar-refractivity contribution in [2.24, 2.45) is 5.92 Å². The van der Waals surface area contributed by atoms with Crippen LogP contribution < -0.4 is 5.32 Å². The lowest BCUT2D eigenvalue weighted by Gasteiger charge is -2.36. The molecule has 2 rings (SSSR count). The monoisotopic (exact) mass is 268 g/mol. The third-order valence-corrected chi connectivity index (χ3v) is 5.35. The van der Waals surface area contributed by atoms with Gasteiger partial charge in [0.1, 0.15) is 5.54 Å². The zero-order chi connectivity index (χ0) is 13.9. The summed E-state index contributed by atoms with van der Waals surface area (Å²) >= 11 is 0. The van der Waals surface area contributed by atoms with E-state index in [4.69, 9.17) is 0 Å². The van der Waals surface area contributed by atoms with E-state index in [-0.39, 0.29) is 5.92 Å². The molecule has 19 heavy (non-hydrogen) atoms. The number of carbonyl (C=O) groups is 1. The number of aliphatic carboxylic acids is 1. The molecule has 3 unspecified atom stereocenters. The lowest BCUT2D eigenvalue weighted by Crippen LogP contribution is -2.54. The predicted molar refractivity (Wildman–Crippen MR) is 76.3 cm³/mol. The minimum absolute atomic E-state index is 0.282. The van der Waals surface area contributed by atoms with Gasteiger partial charge in [0.25, 0.3) is 0 Å². The van der Waals surface area contributed by atoms with E-state index in [1.165, 1.54) is 25.8 Å². The maximum atomic E-state index is 11.6. The van der Waals surface area contributed by atoms with Crippen LogP contribution in [0.4, 0.5) is 0 Å². The van der Waals surface area contributed by atoms with Crippen molar-refractivity contribution in [3.63, 3.8) is 0 Å². The highest BCUT2D eigenvalue weighted by atomic mass is 16.4. The second-order valence-electron chi connectivity index (χ2n) is 6.29. The van der Waals surface area contributed by atoms with Gasteiger partial charge < -0.3 is 15.3 Å². The minimum Gasteiger partial charge on any atom is -0.480 e. The number of nitrogens with zero attached hydrogens (tertiary/aromatic N) is 1. The largest absolute Gasteiger partial charge is 0.480 e. The molecule has 1 saturated carbocycles. The molecule has 2 N–H and O–H groups in total. The fourth-order valence-electron chi connectivity index (χ4n) is 4.00. The Morgan fingerprint density at radius 2 is 2.16 bits per heavy atom. The first-order valence-corrected chi connectivity index (χ1v) is 7.76. The molecule has 2 aliphatic rings. The Balaban J connectivity index is 1.92. The molecule has 110 valence electrons. The molecule has 0 aromatic rings. The topological polar surface area (TPSA) is 52.6 Å². The number of hydrogen-bond donors (Lipinski definition) is 2. The Morgan fingerprint density at radius 1 is 1.37 bits per heavy atom. The first kappa shape index (κ1) is 14.8. The summed E-state index contributed by atoms with van der Waals surface area (Å²) in [5.74, 6) is -0.381. The number of likely N-dealkylation sites (N-methyl/N-ethyl adjacent to an activating group) is 1. The van der Waals surface area contributed by atoms with Crippen molar-refractivity contribution in [2.45, 2.75) is 63.5 Å².